The molecule has 0 amide bonds. The first-order chi connectivity index (χ1) is 4.22. The van der Waals surface area contributed by atoms with Crippen molar-refractivity contribution in [3.05, 3.63) is 12.7 Å². The van der Waals surface area contributed by atoms with Crippen molar-refractivity contribution < 1.29 is 0 Å². The van der Waals surface area contributed by atoms with Gasteiger partial charge in [0.15, 0.2) is 0 Å². The van der Waals surface area contributed by atoms with Crippen LogP contribution in [0.25, 0.3) is 0 Å². The molecule has 9 heavy (non-hydrogen) atoms. The van der Waals surface area contributed by atoms with E-state index in [9.17, 15) is 0 Å². The van der Waals surface area contributed by atoms with Gasteiger partial charge in [0.05, 0.1) is 17.8 Å². The summed E-state index contributed by atoms with van der Waals surface area (Å²) in [7, 11) is 0. The van der Waals surface area contributed by atoms with E-state index in [4.69, 9.17) is 5.14 Å². The molecule has 2 nitrogen and oxygen atoms in total. The molecule has 0 aromatic heterocycles. The standard InChI is InChI=1S/C6H12N2S/c1-4-6(5(2)3)8-9-7/h4-5H,1,7H2,2-3H3. The summed E-state index contributed by atoms with van der Waals surface area (Å²) < 4.78 is 3.94. The monoisotopic (exact) mass is 144 g/mol. The fourth-order valence-corrected chi connectivity index (χ4v) is 0.846. The molecular weight excluding hydrogens is 132 g/mol. The van der Waals surface area contributed by atoms with E-state index in [0.29, 0.717) is 5.92 Å². The van der Waals surface area contributed by atoms with E-state index >= 15 is 0 Å². The number of nitrogens with zero attached hydrogens (tertiary/aromatic N) is 1. The summed E-state index contributed by atoms with van der Waals surface area (Å²) in [4.78, 5) is 0. The van der Waals surface area contributed by atoms with Crippen LogP contribution in [0, 0.1) is 5.92 Å². The number of hydrogen-bond donors (Lipinski definition) is 1. The second kappa shape index (κ2) is 4.58. The topological polar surface area (TPSA) is 38.4 Å². The molecule has 0 aliphatic carbocycles. The third-order valence-electron chi connectivity index (χ3n) is 0.959. The van der Waals surface area contributed by atoms with Crippen molar-refractivity contribution in [1.29, 1.82) is 0 Å². The van der Waals surface area contributed by atoms with Crippen LogP contribution >= 0.6 is 12.1 Å². The van der Waals surface area contributed by atoms with Crippen molar-refractivity contribution in [1.82, 2.24) is 0 Å². The quantitative estimate of drug-likeness (QED) is 0.484. The van der Waals surface area contributed by atoms with Crippen LogP contribution in [0.2, 0.25) is 0 Å². The Morgan fingerprint density at radius 2 is 2.33 bits per heavy atom. The molecule has 0 saturated heterocycles. The number of hydrogen-bond acceptors (Lipinski definition) is 3. The Balaban J connectivity index is 3.97. The molecule has 0 heterocycles. The van der Waals surface area contributed by atoms with Gasteiger partial charge in [-0.05, 0) is 12.0 Å². The van der Waals surface area contributed by atoms with Gasteiger partial charge in [0.1, 0.15) is 0 Å². The maximum Gasteiger partial charge on any atom is 0.0558 e. The van der Waals surface area contributed by atoms with E-state index in [-0.39, 0.29) is 0 Å². The Morgan fingerprint density at radius 3 is 2.44 bits per heavy atom. The molecule has 0 atom stereocenters. The lowest BCUT2D eigenvalue weighted by atomic mass is 10.1. The minimum Gasteiger partial charge on any atom is -0.258 e. The molecule has 0 spiro atoms. The predicted molar refractivity (Wildman–Crippen MR) is 44.2 cm³/mol. The SMILES string of the molecule is C=CC(=NSN)C(C)C. The fraction of sp³-hybridized carbons (Fsp3) is 0.500. The molecule has 52 valence electrons. The Kier molecular flexibility index (Phi) is 4.44. The van der Waals surface area contributed by atoms with Crippen LogP contribution in [-0.2, 0) is 0 Å². The van der Waals surface area contributed by atoms with Crippen molar-refractivity contribution in [2.45, 2.75) is 13.8 Å². The van der Waals surface area contributed by atoms with Crippen LogP contribution in [0.3, 0.4) is 0 Å². The first-order valence-corrected chi connectivity index (χ1v) is 3.62. The zero-order chi connectivity index (χ0) is 7.28. The molecule has 0 aliphatic heterocycles. The zero-order valence-electron chi connectivity index (χ0n) is 5.79. The second-order valence-corrected chi connectivity index (χ2v) is 2.37. The molecule has 3 heteroatoms. The highest BCUT2D eigenvalue weighted by Gasteiger charge is 1.97. The molecule has 0 aliphatic rings. The van der Waals surface area contributed by atoms with Gasteiger partial charge in [0, 0.05) is 0 Å². The lowest BCUT2D eigenvalue weighted by Gasteiger charge is -2.00. The first kappa shape index (κ1) is 8.72. The van der Waals surface area contributed by atoms with E-state index in [2.05, 4.69) is 24.8 Å². The van der Waals surface area contributed by atoms with E-state index in [1.165, 1.54) is 0 Å². The molecule has 0 unspecified atom stereocenters. The number of nitrogens with two attached hydrogens (primary N) is 1. The van der Waals surface area contributed by atoms with E-state index in [1.54, 1.807) is 6.08 Å². The van der Waals surface area contributed by atoms with Gasteiger partial charge in [-0.15, -0.1) is 0 Å². The summed E-state index contributed by atoms with van der Waals surface area (Å²) in [5.41, 5.74) is 0.947. The summed E-state index contributed by atoms with van der Waals surface area (Å²) in [5.74, 6) is 0.415. The van der Waals surface area contributed by atoms with Crippen molar-refractivity contribution >= 4 is 17.8 Å². The third kappa shape index (κ3) is 3.32. The van der Waals surface area contributed by atoms with Crippen molar-refractivity contribution in [3.8, 4) is 0 Å². The van der Waals surface area contributed by atoms with Crippen LogP contribution in [0.1, 0.15) is 13.8 Å². The predicted octanol–water partition coefficient (Wildman–Crippen LogP) is 1.79. The second-order valence-electron chi connectivity index (χ2n) is 1.98. The van der Waals surface area contributed by atoms with Crippen molar-refractivity contribution in [2.75, 3.05) is 0 Å². The summed E-state index contributed by atoms with van der Waals surface area (Å²) in [6, 6.07) is 0. The Morgan fingerprint density at radius 1 is 1.78 bits per heavy atom. The van der Waals surface area contributed by atoms with Gasteiger partial charge in [0.25, 0.3) is 0 Å². The molecule has 0 aromatic rings. The molecule has 0 bridgehead atoms. The maximum atomic E-state index is 5.12. The molecular formula is C6H12N2S. The van der Waals surface area contributed by atoms with E-state index in [0.717, 1.165) is 17.8 Å². The van der Waals surface area contributed by atoms with Gasteiger partial charge in [0.2, 0.25) is 0 Å². The average molecular weight is 144 g/mol. The zero-order valence-corrected chi connectivity index (χ0v) is 6.61. The highest BCUT2D eigenvalue weighted by molar-refractivity contribution is 7.95. The summed E-state index contributed by atoms with van der Waals surface area (Å²) in [6.45, 7) is 7.71. The first-order valence-electron chi connectivity index (χ1n) is 2.78. The Labute approximate surface area is 60.5 Å². The highest BCUT2D eigenvalue weighted by Crippen LogP contribution is 2.01. The molecule has 0 aromatic carbocycles. The van der Waals surface area contributed by atoms with Crippen molar-refractivity contribution in [2.24, 2.45) is 15.5 Å². The van der Waals surface area contributed by atoms with Crippen LogP contribution in [0.15, 0.2) is 17.1 Å². The van der Waals surface area contributed by atoms with Gasteiger partial charge in [-0.3, -0.25) is 5.14 Å². The lowest BCUT2D eigenvalue weighted by molar-refractivity contribution is 0.893. The summed E-state index contributed by atoms with van der Waals surface area (Å²) in [5, 5.41) is 5.12. The fourth-order valence-electron chi connectivity index (χ4n) is 0.439. The third-order valence-corrected chi connectivity index (χ3v) is 1.28. The van der Waals surface area contributed by atoms with Gasteiger partial charge in [-0.1, -0.05) is 20.4 Å². The van der Waals surface area contributed by atoms with Crippen LogP contribution in [-0.4, -0.2) is 5.71 Å². The minimum atomic E-state index is 0.415. The normalized spacial score (nSPS) is 12.2. The summed E-state index contributed by atoms with van der Waals surface area (Å²) in [6.07, 6.45) is 1.73. The molecule has 0 saturated carbocycles. The molecule has 0 fully saturated rings. The number of allylic oxidation sites excluding steroid dienone is 1. The largest absolute Gasteiger partial charge is 0.258 e. The lowest BCUT2D eigenvalue weighted by Crippen LogP contribution is -2.02. The average Bonchev–Trinajstić information content (AvgIpc) is 1.82. The molecule has 0 rings (SSSR count). The molecule has 0 radical (unpaired) electrons. The smallest absolute Gasteiger partial charge is 0.0558 e. The maximum absolute atomic E-state index is 5.12. The van der Waals surface area contributed by atoms with Gasteiger partial charge < -0.3 is 0 Å². The van der Waals surface area contributed by atoms with Crippen molar-refractivity contribution in [3.63, 3.8) is 0 Å². The van der Waals surface area contributed by atoms with Crippen LogP contribution < -0.4 is 5.14 Å². The summed E-state index contributed by atoms with van der Waals surface area (Å²) >= 11 is 0.979. The highest BCUT2D eigenvalue weighted by atomic mass is 32.2. The van der Waals surface area contributed by atoms with E-state index in [1.807, 2.05) is 0 Å². The van der Waals surface area contributed by atoms with Gasteiger partial charge in [-0.25, -0.2) is 4.40 Å². The molecule has 2 N–H and O–H groups in total. The Hall–Kier alpha value is -0.280. The van der Waals surface area contributed by atoms with Crippen LogP contribution in [0.4, 0.5) is 0 Å². The van der Waals surface area contributed by atoms with Crippen LogP contribution in [0.5, 0.6) is 0 Å². The van der Waals surface area contributed by atoms with E-state index < -0.39 is 0 Å². The number of rotatable bonds is 3. The van der Waals surface area contributed by atoms with Gasteiger partial charge >= 0.3 is 0 Å². The Bertz CT molecular complexity index is 118. The minimum absolute atomic E-state index is 0.415. The van der Waals surface area contributed by atoms with Gasteiger partial charge in [-0.2, -0.15) is 0 Å².